The first-order chi connectivity index (χ1) is 17.9. The fraction of sp³-hybridized carbons (Fsp3) is 0.161. The second-order valence-electron chi connectivity index (χ2n) is 8.61. The normalized spacial score (nSPS) is 11.2. The van der Waals surface area contributed by atoms with Crippen molar-refractivity contribution >= 4 is 51.0 Å². The molecule has 0 aliphatic heterocycles. The van der Waals surface area contributed by atoms with Crippen LogP contribution in [-0.2, 0) is 11.4 Å². The molecule has 5 nitrogen and oxygen atoms in total. The molecule has 186 valence electrons. The average Bonchev–Trinajstić information content (AvgIpc) is 2.89. The molecule has 1 N–H and O–H groups in total. The van der Waals surface area contributed by atoms with Crippen LogP contribution in [0, 0.1) is 28.7 Å². The molecule has 6 heteroatoms. The van der Waals surface area contributed by atoms with Crippen molar-refractivity contribution in [1.29, 1.82) is 5.26 Å². The van der Waals surface area contributed by atoms with E-state index in [0.29, 0.717) is 36.0 Å². The predicted octanol–water partition coefficient (Wildman–Crippen LogP) is 7.58. The fourth-order valence-electron chi connectivity index (χ4n) is 3.98. The number of nitrogens with one attached hydrogen (secondary N) is 1. The SMILES string of the molecule is CCOc1cc(/C=C(\C#N)C(=O)Nc2ccc(C)c(C)c2)cc(I)c1OCc1cccc2ccccc12. The second-order valence-corrected chi connectivity index (χ2v) is 9.78. The molecule has 0 spiro atoms. The van der Waals surface area contributed by atoms with Crippen LogP contribution in [0.4, 0.5) is 5.69 Å². The third kappa shape index (κ3) is 6.30. The minimum absolute atomic E-state index is 0.000834. The first-order valence-electron chi connectivity index (χ1n) is 12.0. The van der Waals surface area contributed by atoms with Crippen LogP contribution in [-0.4, -0.2) is 12.5 Å². The van der Waals surface area contributed by atoms with Gasteiger partial charge in [0, 0.05) is 5.69 Å². The molecule has 4 aromatic rings. The summed E-state index contributed by atoms with van der Waals surface area (Å²) in [6, 6.07) is 25.7. The maximum atomic E-state index is 12.8. The summed E-state index contributed by atoms with van der Waals surface area (Å²) in [6.07, 6.45) is 1.57. The van der Waals surface area contributed by atoms with Gasteiger partial charge < -0.3 is 14.8 Å². The maximum absolute atomic E-state index is 12.8. The van der Waals surface area contributed by atoms with Gasteiger partial charge >= 0.3 is 0 Å². The van der Waals surface area contributed by atoms with Crippen molar-refractivity contribution in [2.75, 3.05) is 11.9 Å². The number of amides is 1. The van der Waals surface area contributed by atoms with Gasteiger partial charge in [0.1, 0.15) is 18.2 Å². The minimum Gasteiger partial charge on any atom is -0.490 e. The van der Waals surface area contributed by atoms with E-state index in [-0.39, 0.29) is 5.57 Å². The Morgan fingerprint density at radius 3 is 2.54 bits per heavy atom. The van der Waals surface area contributed by atoms with Gasteiger partial charge in [-0.3, -0.25) is 4.79 Å². The number of benzene rings is 4. The lowest BCUT2D eigenvalue weighted by molar-refractivity contribution is -0.112. The van der Waals surface area contributed by atoms with Crippen LogP contribution in [0.1, 0.15) is 29.2 Å². The summed E-state index contributed by atoms with van der Waals surface area (Å²) in [4.78, 5) is 12.8. The highest BCUT2D eigenvalue weighted by molar-refractivity contribution is 14.1. The summed E-state index contributed by atoms with van der Waals surface area (Å²) in [5.41, 5.74) is 4.61. The molecule has 0 radical (unpaired) electrons. The molecule has 0 aromatic heterocycles. The molecule has 0 atom stereocenters. The number of carbonyl (C=O) groups is 1. The topological polar surface area (TPSA) is 71.3 Å². The average molecular weight is 602 g/mol. The van der Waals surface area contributed by atoms with Crippen molar-refractivity contribution in [2.24, 2.45) is 0 Å². The number of hydrogen-bond acceptors (Lipinski definition) is 4. The Balaban J connectivity index is 1.59. The number of carbonyl (C=O) groups excluding carboxylic acids is 1. The van der Waals surface area contributed by atoms with E-state index in [1.807, 2.05) is 69.3 Å². The quantitative estimate of drug-likeness (QED) is 0.128. The molecule has 0 saturated carbocycles. The molecule has 0 aliphatic carbocycles. The number of ether oxygens (including phenoxy) is 2. The molecular weight excluding hydrogens is 575 g/mol. The largest absolute Gasteiger partial charge is 0.490 e. The van der Waals surface area contributed by atoms with E-state index in [9.17, 15) is 10.1 Å². The lowest BCUT2D eigenvalue weighted by Gasteiger charge is -2.16. The van der Waals surface area contributed by atoms with Crippen LogP contribution < -0.4 is 14.8 Å². The second kappa shape index (κ2) is 11.9. The Bertz CT molecular complexity index is 1530. The van der Waals surface area contributed by atoms with Crippen molar-refractivity contribution < 1.29 is 14.3 Å². The van der Waals surface area contributed by atoms with E-state index in [0.717, 1.165) is 31.0 Å². The monoisotopic (exact) mass is 602 g/mol. The van der Waals surface area contributed by atoms with Gasteiger partial charge in [-0.15, -0.1) is 0 Å². The number of fused-ring (bicyclic) bond motifs is 1. The molecule has 0 fully saturated rings. The molecule has 0 bridgehead atoms. The van der Waals surface area contributed by atoms with Crippen LogP contribution in [0.15, 0.2) is 78.4 Å². The van der Waals surface area contributed by atoms with Crippen molar-refractivity contribution in [3.05, 3.63) is 104 Å². The molecule has 0 saturated heterocycles. The summed E-state index contributed by atoms with van der Waals surface area (Å²) >= 11 is 2.20. The minimum atomic E-state index is -0.463. The molecule has 37 heavy (non-hydrogen) atoms. The summed E-state index contributed by atoms with van der Waals surface area (Å²) in [5.74, 6) is 0.730. The summed E-state index contributed by atoms with van der Waals surface area (Å²) in [5, 5.41) is 14.8. The zero-order valence-corrected chi connectivity index (χ0v) is 23.1. The van der Waals surface area contributed by atoms with Crippen molar-refractivity contribution in [3.63, 3.8) is 0 Å². The van der Waals surface area contributed by atoms with Gasteiger partial charge in [0.2, 0.25) is 0 Å². The lowest BCUT2D eigenvalue weighted by atomic mass is 10.1. The van der Waals surface area contributed by atoms with Crippen LogP contribution in [0.3, 0.4) is 0 Å². The van der Waals surface area contributed by atoms with Gasteiger partial charge in [-0.05, 0) is 107 Å². The Labute approximate surface area is 230 Å². The smallest absolute Gasteiger partial charge is 0.266 e. The number of halogens is 1. The highest BCUT2D eigenvalue weighted by atomic mass is 127. The summed E-state index contributed by atoms with van der Waals surface area (Å²) in [7, 11) is 0. The molecule has 1 amide bonds. The van der Waals surface area contributed by atoms with Gasteiger partial charge in [0.05, 0.1) is 10.2 Å². The van der Waals surface area contributed by atoms with Crippen molar-refractivity contribution in [2.45, 2.75) is 27.4 Å². The molecule has 4 rings (SSSR count). The zero-order chi connectivity index (χ0) is 26.4. The first-order valence-corrected chi connectivity index (χ1v) is 13.0. The van der Waals surface area contributed by atoms with Gasteiger partial charge in [0.15, 0.2) is 11.5 Å². The number of rotatable bonds is 8. The van der Waals surface area contributed by atoms with Crippen LogP contribution in [0.25, 0.3) is 16.8 Å². The third-order valence-corrected chi connectivity index (χ3v) is 6.83. The number of aryl methyl sites for hydroxylation is 2. The molecular formula is C31H27IN2O3. The highest BCUT2D eigenvalue weighted by Gasteiger charge is 2.15. The van der Waals surface area contributed by atoms with Crippen LogP contribution in [0.5, 0.6) is 11.5 Å². The van der Waals surface area contributed by atoms with Crippen LogP contribution in [0.2, 0.25) is 0 Å². The number of hydrogen-bond donors (Lipinski definition) is 1. The maximum Gasteiger partial charge on any atom is 0.266 e. The zero-order valence-electron chi connectivity index (χ0n) is 21.0. The highest BCUT2D eigenvalue weighted by Crippen LogP contribution is 2.36. The Kier molecular flexibility index (Phi) is 8.47. The van der Waals surface area contributed by atoms with Crippen molar-refractivity contribution in [1.82, 2.24) is 0 Å². The predicted molar refractivity (Wildman–Crippen MR) is 157 cm³/mol. The first kappa shape index (κ1) is 26.2. The lowest BCUT2D eigenvalue weighted by Crippen LogP contribution is -2.13. The number of nitrogens with zero attached hydrogens (tertiary/aromatic N) is 1. The Hall–Kier alpha value is -3.83. The van der Waals surface area contributed by atoms with E-state index >= 15 is 0 Å². The van der Waals surface area contributed by atoms with Crippen molar-refractivity contribution in [3.8, 4) is 17.6 Å². The van der Waals surface area contributed by atoms with Gasteiger partial charge in [-0.2, -0.15) is 5.26 Å². The van der Waals surface area contributed by atoms with E-state index in [1.54, 1.807) is 12.1 Å². The molecule has 4 aromatic carbocycles. The van der Waals surface area contributed by atoms with Gasteiger partial charge in [0.25, 0.3) is 5.91 Å². The number of nitriles is 1. The summed E-state index contributed by atoms with van der Waals surface area (Å²) < 4.78 is 13.0. The Morgan fingerprint density at radius 2 is 1.78 bits per heavy atom. The standard InChI is InChI=1S/C31H27IN2O3/c1-4-36-29-17-22(15-25(18-33)31(35)34-26-13-12-20(2)21(3)14-26)16-28(32)30(29)37-19-24-10-7-9-23-8-5-6-11-27(23)24/h5-17H,4,19H2,1-3H3,(H,34,35)/b25-15+. The van der Waals surface area contributed by atoms with E-state index in [4.69, 9.17) is 9.47 Å². The number of anilines is 1. The van der Waals surface area contributed by atoms with Gasteiger partial charge in [-0.1, -0.05) is 48.5 Å². The van der Waals surface area contributed by atoms with Gasteiger partial charge in [-0.25, -0.2) is 0 Å². The fourth-order valence-corrected chi connectivity index (χ4v) is 4.76. The summed E-state index contributed by atoms with van der Waals surface area (Å²) in [6.45, 7) is 6.73. The Morgan fingerprint density at radius 1 is 1.00 bits per heavy atom. The van der Waals surface area contributed by atoms with Crippen LogP contribution >= 0.6 is 22.6 Å². The van der Waals surface area contributed by atoms with E-state index in [2.05, 4.69) is 52.2 Å². The molecule has 0 unspecified atom stereocenters. The third-order valence-electron chi connectivity index (χ3n) is 6.02. The van der Waals surface area contributed by atoms with E-state index < -0.39 is 5.91 Å². The van der Waals surface area contributed by atoms with E-state index in [1.165, 1.54) is 0 Å². The molecule has 0 heterocycles. The molecule has 0 aliphatic rings.